The molecule has 76 valence electrons. The van der Waals surface area contributed by atoms with Crippen molar-refractivity contribution in [2.75, 3.05) is 13.6 Å². The Labute approximate surface area is 88.4 Å². The molecule has 1 amide bonds. The van der Waals surface area contributed by atoms with Crippen molar-refractivity contribution in [1.29, 1.82) is 0 Å². The van der Waals surface area contributed by atoms with Gasteiger partial charge in [-0.1, -0.05) is 6.07 Å². The molecule has 3 heteroatoms. The molecule has 2 aliphatic rings. The van der Waals surface area contributed by atoms with Crippen molar-refractivity contribution < 1.29 is 4.79 Å². The summed E-state index contributed by atoms with van der Waals surface area (Å²) in [6.07, 6.45) is 4.72. The molecule has 3 rings (SSSR count). The fourth-order valence-corrected chi connectivity index (χ4v) is 2.41. The normalized spacial score (nSPS) is 23.5. The lowest BCUT2D eigenvalue weighted by Crippen LogP contribution is -2.19. The third-order valence-electron chi connectivity index (χ3n) is 3.20. The predicted octanol–water partition coefficient (Wildman–Crippen LogP) is 1.11. The molecular formula is C12H12N2O. The summed E-state index contributed by atoms with van der Waals surface area (Å²) in [6, 6.07) is 3.94. The number of rotatable bonds is 0. The number of likely N-dealkylation sites (N-methyl/N-ethyl adjacent to an activating group) is 1. The number of pyridine rings is 1. The van der Waals surface area contributed by atoms with E-state index in [4.69, 9.17) is 0 Å². The third kappa shape index (κ3) is 1.19. The van der Waals surface area contributed by atoms with Crippen LogP contribution in [0.15, 0.2) is 23.9 Å². The Balaban J connectivity index is 2.10. The monoisotopic (exact) mass is 200 g/mol. The zero-order valence-corrected chi connectivity index (χ0v) is 8.60. The maximum atomic E-state index is 11.8. The van der Waals surface area contributed by atoms with Gasteiger partial charge in [0.2, 0.25) is 5.91 Å². The highest BCUT2D eigenvalue weighted by Gasteiger charge is 2.35. The van der Waals surface area contributed by atoms with Crippen molar-refractivity contribution in [3.63, 3.8) is 0 Å². The van der Waals surface area contributed by atoms with E-state index in [2.05, 4.69) is 4.98 Å². The average Bonchev–Trinajstić information content (AvgIpc) is 2.52. The second kappa shape index (κ2) is 2.92. The minimum atomic E-state index is 0.175. The van der Waals surface area contributed by atoms with Crippen molar-refractivity contribution in [3.8, 4) is 0 Å². The SMILES string of the molecule is CN1CC2Cc3ncccc3C=C2C1=O. The van der Waals surface area contributed by atoms with E-state index >= 15 is 0 Å². The highest BCUT2D eigenvalue weighted by atomic mass is 16.2. The molecule has 1 aliphatic carbocycles. The van der Waals surface area contributed by atoms with Gasteiger partial charge in [0.1, 0.15) is 0 Å². The number of hydrogen-bond acceptors (Lipinski definition) is 2. The first-order valence-corrected chi connectivity index (χ1v) is 5.16. The van der Waals surface area contributed by atoms with Crippen LogP contribution in [-0.4, -0.2) is 29.4 Å². The summed E-state index contributed by atoms with van der Waals surface area (Å²) in [5.41, 5.74) is 3.18. The lowest BCUT2D eigenvalue weighted by atomic mass is 9.88. The van der Waals surface area contributed by atoms with E-state index in [-0.39, 0.29) is 5.91 Å². The number of fused-ring (bicyclic) bond motifs is 2. The maximum absolute atomic E-state index is 11.8. The van der Waals surface area contributed by atoms with Gasteiger partial charge in [-0.05, 0) is 24.1 Å². The Bertz CT molecular complexity index is 464. The van der Waals surface area contributed by atoms with Gasteiger partial charge in [0.25, 0.3) is 0 Å². The van der Waals surface area contributed by atoms with Gasteiger partial charge in [-0.15, -0.1) is 0 Å². The summed E-state index contributed by atoms with van der Waals surface area (Å²) in [7, 11) is 1.86. The fraction of sp³-hybridized carbons (Fsp3) is 0.333. The highest BCUT2D eigenvalue weighted by molar-refractivity contribution is 6.01. The number of nitrogens with zero attached hydrogens (tertiary/aromatic N) is 2. The van der Waals surface area contributed by atoms with E-state index in [1.54, 1.807) is 4.90 Å². The molecular weight excluding hydrogens is 188 g/mol. The Morgan fingerprint density at radius 3 is 3.27 bits per heavy atom. The number of aromatic nitrogens is 1. The van der Waals surface area contributed by atoms with Gasteiger partial charge in [-0.2, -0.15) is 0 Å². The molecule has 0 N–H and O–H groups in total. The topological polar surface area (TPSA) is 33.2 Å². The zero-order chi connectivity index (χ0) is 10.4. The van der Waals surface area contributed by atoms with Crippen LogP contribution < -0.4 is 0 Å². The van der Waals surface area contributed by atoms with E-state index in [9.17, 15) is 4.79 Å². The van der Waals surface area contributed by atoms with Crippen LogP contribution in [0.25, 0.3) is 6.08 Å². The minimum Gasteiger partial charge on any atom is -0.341 e. The molecule has 0 radical (unpaired) electrons. The highest BCUT2D eigenvalue weighted by Crippen LogP contribution is 2.33. The summed E-state index contributed by atoms with van der Waals surface area (Å²) in [6.45, 7) is 0.834. The molecule has 2 heterocycles. The number of hydrogen-bond donors (Lipinski definition) is 0. The van der Waals surface area contributed by atoms with E-state index < -0.39 is 0 Å². The Kier molecular flexibility index (Phi) is 1.69. The number of carbonyl (C=O) groups is 1. The van der Waals surface area contributed by atoms with Crippen molar-refractivity contribution >= 4 is 12.0 Å². The summed E-state index contributed by atoms with van der Waals surface area (Å²) in [5.74, 6) is 0.527. The smallest absolute Gasteiger partial charge is 0.249 e. The molecule has 0 spiro atoms. The summed E-state index contributed by atoms with van der Waals surface area (Å²) >= 11 is 0. The number of amides is 1. The Hall–Kier alpha value is -1.64. The number of carbonyl (C=O) groups excluding carboxylic acids is 1. The van der Waals surface area contributed by atoms with Crippen LogP contribution in [0.2, 0.25) is 0 Å². The third-order valence-corrected chi connectivity index (χ3v) is 3.20. The molecule has 1 fully saturated rings. The largest absolute Gasteiger partial charge is 0.341 e. The van der Waals surface area contributed by atoms with Gasteiger partial charge in [-0.3, -0.25) is 9.78 Å². The standard InChI is InChI=1S/C12H12N2O/c1-14-7-9-6-11-8(3-2-4-13-11)5-10(9)12(14)15/h2-5,9H,6-7H2,1H3. The minimum absolute atomic E-state index is 0.175. The molecule has 1 atom stereocenters. The van der Waals surface area contributed by atoms with Gasteiger partial charge in [0.05, 0.1) is 0 Å². The van der Waals surface area contributed by atoms with Crippen LogP contribution in [0.5, 0.6) is 0 Å². The first-order valence-electron chi connectivity index (χ1n) is 5.16. The van der Waals surface area contributed by atoms with Crippen LogP contribution in [-0.2, 0) is 11.2 Å². The quantitative estimate of drug-likeness (QED) is 0.628. The first-order chi connectivity index (χ1) is 7.25. The molecule has 1 aromatic rings. The zero-order valence-electron chi connectivity index (χ0n) is 8.60. The fourth-order valence-electron chi connectivity index (χ4n) is 2.41. The summed E-state index contributed by atoms with van der Waals surface area (Å²) in [5, 5.41) is 0. The van der Waals surface area contributed by atoms with E-state index in [0.29, 0.717) is 5.92 Å². The molecule has 3 nitrogen and oxygen atoms in total. The van der Waals surface area contributed by atoms with Gasteiger partial charge < -0.3 is 4.90 Å². The van der Waals surface area contributed by atoms with E-state index in [0.717, 1.165) is 29.8 Å². The lowest BCUT2D eigenvalue weighted by Gasteiger charge is -2.16. The summed E-state index contributed by atoms with van der Waals surface area (Å²) < 4.78 is 0. The molecule has 0 saturated carbocycles. The van der Waals surface area contributed by atoms with Crippen LogP contribution in [0.3, 0.4) is 0 Å². The van der Waals surface area contributed by atoms with Gasteiger partial charge in [0, 0.05) is 37.0 Å². The average molecular weight is 200 g/mol. The van der Waals surface area contributed by atoms with E-state index in [1.807, 2.05) is 31.5 Å². The Morgan fingerprint density at radius 2 is 2.40 bits per heavy atom. The summed E-state index contributed by atoms with van der Waals surface area (Å²) in [4.78, 5) is 17.9. The first kappa shape index (κ1) is 8.65. The van der Waals surface area contributed by atoms with Crippen molar-refractivity contribution in [2.45, 2.75) is 6.42 Å². The van der Waals surface area contributed by atoms with Crippen molar-refractivity contribution in [1.82, 2.24) is 9.88 Å². The van der Waals surface area contributed by atoms with E-state index in [1.165, 1.54) is 0 Å². The maximum Gasteiger partial charge on any atom is 0.249 e. The predicted molar refractivity (Wildman–Crippen MR) is 57.0 cm³/mol. The Morgan fingerprint density at radius 1 is 1.53 bits per heavy atom. The molecule has 1 aromatic heterocycles. The second-order valence-corrected chi connectivity index (χ2v) is 4.23. The van der Waals surface area contributed by atoms with Crippen LogP contribution in [0.1, 0.15) is 11.3 Å². The molecule has 15 heavy (non-hydrogen) atoms. The number of likely N-dealkylation sites (tertiary alicyclic amines) is 1. The van der Waals surface area contributed by atoms with Gasteiger partial charge in [0.15, 0.2) is 0 Å². The van der Waals surface area contributed by atoms with Crippen LogP contribution in [0.4, 0.5) is 0 Å². The van der Waals surface area contributed by atoms with Crippen molar-refractivity contribution in [2.24, 2.45) is 5.92 Å². The molecule has 1 aliphatic heterocycles. The van der Waals surface area contributed by atoms with Crippen molar-refractivity contribution in [3.05, 3.63) is 35.2 Å². The molecule has 0 bridgehead atoms. The molecule has 1 saturated heterocycles. The van der Waals surface area contributed by atoms with Crippen LogP contribution in [0, 0.1) is 5.92 Å². The van der Waals surface area contributed by atoms with Gasteiger partial charge >= 0.3 is 0 Å². The van der Waals surface area contributed by atoms with Crippen LogP contribution >= 0.6 is 0 Å². The molecule has 1 unspecified atom stereocenters. The lowest BCUT2D eigenvalue weighted by molar-refractivity contribution is -0.123. The second-order valence-electron chi connectivity index (χ2n) is 4.23. The van der Waals surface area contributed by atoms with Gasteiger partial charge in [-0.25, -0.2) is 0 Å². The molecule has 0 aromatic carbocycles.